The van der Waals surface area contributed by atoms with Crippen molar-refractivity contribution in [3.63, 3.8) is 0 Å². The molecule has 2 aromatic heterocycles. The topological polar surface area (TPSA) is 177 Å². The van der Waals surface area contributed by atoms with Crippen molar-refractivity contribution in [3.8, 4) is 39.3 Å². The standard InChI is InChI=1S/C37H34N6O7P2/c1-48-36(46)38-13-11-31(44)51-34-40-18-30(43-34)23-5-8-26-22(16-23)4-9-27-25-7-3-20(15-24(25)19-50-33(26)27)21-6-10-28-29(17-21)42-35(41-28)52-32(45)12-14-39-37(47)49-2/h3-10,15-18,51-52H,11-14,19H2,1-2H3,(H,38,46)(H,39,47)(H,40,43)(H,41,42). The van der Waals surface area contributed by atoms with Crippen molar-refractivity contribution in [2.45, 2.75) is 19.4 Å². The third-order valence-electron chi connectivity index (χ3n) is 8.57. The first-order chi connectivity index (χ1) is 25.3. The average Bonchev–Trinajstić information content (AvgIpc) is 3.79. The van der Waals surface area contributed by atoms with Crippen molar-refractivity contribution >= 4 is 73.3 Å². The average molecular weight is 737 g/mol. The second kappa shape index (κ2) is 15.3. The molecule has 3 heterocycles. The molecule has 0 spiro atoms. The van der Waals surface area contributed by atoms with Gasteiger partial charge in [0.05, 0.1) is 37.1 Å². The van der Waals surface area contributed by atoms with Gasteiger partial charge >= 0.3 is 12.2 Å². The number of carbonyl (C=O) groups is 4. The minimum Gasteiger partial charge on any atom is -0.488 e. The van der Waals surface area contributed by atoms with Crippen LogP contribution in [0.4, 0.5) is 9.59 Å². The zero-order valence-corrected chi connectivity index (χ0v) is 30.2. The second-order valence-electron chi connectivity index (χ2n) is 11.9. The Balaban J connectivity index is 1.04. The minimum atomic E-state index is -0.563. The van der Waals surface area contributed by atoms with Gasteiger partial charge in [0.25, 0.3) is 0 Å². The number of alkyl carbamates (subject to hydrolysis) is 2. The Morgan fingerprint density at radius 1 is 0.769 bits per heavy atom. The highest BCUT2D eigenvalue weighted by molar-refractivity contribution is 7.65. The molecule has 52 heavy (non-hydrogen) atoms. The number of carbonyl (C=O) groups excluding carboxylic acids is 4. The van der Waals surface area contributed by atoms with Crippen LogP contribution >= 0.6 is 17.2 Å². The number of aromatic nitrogens is 4. The van der Waals surface area contributed by atoms with Gasteiger partial charge in [-0.3, -0.25) is 9.59 Å². The molecule has 2 unspecified atom stereocenters. The molecule has 6 aromatic rings. The summed E-state index contributed by atoms with van der Waals surface area (Å²) in [7, 11) is 2.27. The number of benzene rings is 4. The molecule has 15 heteroatoms. The molecule has 1 aliphatic rings. The number of amides is 2. The van der Waals surface area contributed by atoms with E-state index in [1.165, 1.54) is 14.2 Å². The van der Waals surface area contributed by atoms with Gasteiger partial charge in [-0.15, -0.1) is 0 Å². The fourth-order valence-electron chi connectivity index (χ4n) is 6.01. The predicted octanol–water partition coefficient (Wildman–Crippen LogP) is 5.49. The van der Waals surface area contributed by atoms with E-state index >= 15 is 0 Å². The molecule has 0 radical (unpaired) electrons. The van der Waals surface area contributed by atoms with E-state index in [1.807, 2.05) is 24.3 Å². The summed E-state index contributed by atoms with van der Waals surface area (Å²) in [5, 5.41) is 7.06. The summed E-state index contributed by atoms with van der Waals surface area (Å²) in [5.41, 5.74) is 9.83. The number of nitrogens with zero attached hydrogens (tertiary/aromatic N) is 2. The van der Waals surface area contributed by atoms with Gasteiger partial charge in [0, 0.05) is 59.6 Å². The van der Waals surface area contributed by atoms with E-state index < -0.39 is 12.2 Å². The Labute approximate surface area is 301 Å². The monoisotopic (exact) mass is 736 g/mol. The molecular weight excluding hydrogens is 702 g/mol. The summed E-state index contributed by atoms with van der Waals surface area (Å²) in [6.45, 7) is 0.855. The van der Waals surface area contributed by atoms with Crippen molar-refractivity contribution in [2.24, 2.45) is 0 Å². The van der Waals surface area contributed by atoms with Crippen LogP contribution in [0.5, 0.6) is 5.75 Å². The first-order valence-corrected chi connectivity index (χ1v) is 18.4. The fourth-order valence-corrected chi connectivity index (χ4v) is 7.74. The lowest BCUT2D eigenvalue weighted by molar-refractivity contribution is -0.111. The Morgan fingerprint density at radius 2 is 1.44 bits per heavy atom. The van der Waals surface area contributed by atoms with Crippen LogP contribution < -0.4 is 26.5 Å². The maximum Gasteiger partial charge on any atom is 0.406 e. The number of nitrogens with one attached hydrogen (secondary N) is 4. The van der Waals surface area contributed by atoms with E-state index in [2.05, 4.69) is 82.5 Å². The lowest BCUT2D eigenvalue weighted by atomic mass is 9.91. The van der Waals surface area contributed by atoms with Crippen LogP contribution in [0.1, 0.15) is 18.4 Å². The number of rotatable bonds is 12. The third kappa shape index (κ3) is 7.66. The first kappa shape index (κ1) is 34.8. The van der Waals surface area contributed by atoms with Gasteiger partial charge in [-0.25, -0.2) is 19.6 Å². The van der Waals surface area contributed by atoms with Gasteiger partial charge in [0.1, 0.15) is 23.5 Å². The largest absolute Gasteiger partial charge is 0.488 e. The third-order valence-corrected chi connectivity index (χ3v) is 10.6. The number of aromatic amines is 2. The SMILES string of the molecule is COC(=O)NCCC(=O)Pc1ncc(-c2ccc3c4c(ccc3c2)-c2ccc(-c3ccc5nc(PC(=O)CCNC(=O)OC)[nH]c5c3)cc2CO4)[nH]1. The number of fused-ring (bicyclic) bond motifs is 6. The lowest BCUT2D eigenvalue weighted by Crippen LogP contribution is -2.25. The highest BCUT2D eigenvalue weighted by Crippen LogP contribution is 2.44. The van der Waals surface area contributed by atoms with Gasteiger partial charge in [0.15, 0.2) is 11.0 Å². The molecule has 0 saturated carbocycles. The highest BCUT2D eigenvalue weighted by atomic mass is 31.1. The summed E-state index contributed by atoms with van der Waals surface area (Å²) in [6.07, 6.45) is 1.00. The summed E-state index contributed by atoms with van der Waals surface area (Å²) in [5.74, 6) is 0.838. The van der Waals surface area contributed by atoms with E-state index in [1.54, 1.807) is 6.20 Å². The first-order valence-electron chi connectivity index (χ1n) is 16.4. The number of H-pyrrole nitrogens is 2. The van der Waals surface area contributed by atoms with Gasteiger partial charge in [0.2, 0.25) is 0 Å². The molecule has 1 aliphatic heterocycles. The summed E-state index contributed by atoms with van der Waals surface area (Å²) in [4.78, 5) is 62.7. The van der Waals surface area contributed by atoms with Crippen LogP contribution in [-0.4, -0.2) is 70.5 Å². The lowest BCUT2D eigenvalue weighted by Gasteiger charge is -2.23. The summed E-state index contributed by atoms with van der Waals surface area (Å²) in [6, 6.07) is 22.7. The summed E-state index contributed by atoms with van der Waals surface area (Å²) < 4.78 is 15.5. The molecule has 0 aliphatic carbocycles. The number of hydrogen-bond donors (Lipinski definition) is 4. The van der Waals surface area contributed by atoms with Gasteiger partial charge in [-0.05, 0) is 58.0 Å². The smallest absolute Gasteiger partial charge is 0.406 e. The number of imidazole rings is 2. The molecule has 13 nitrogen and oxygen atoms in total. The normalized spacial score (nSPS) is 12.2. The Bertz CT molecular complexity index is 2350. The molecule has 2 atom stereocenters. The Hall–Kier alpha value is -5.64. The highest BCUT2D eigenvalue weighted by Gasteiger charge is 2.21. The van der Waals surface area contributed by atoms with Gasteiger partial charge in [-0.1, -0.05) is 36.4 Å². The van der Waals surface area contributed by atoms with E-state index in [4.69, 9.17) is 4.74 Å². The van der Waals surface area contributed by atoms with Crippen LogP contribution in [0.15, 0.2) is 72.9 Å². The Morgan fingerprint density at radius 3 is 2.19 bits per heavy atom. The van der Waals surface area contributed by atoms with Crippen molar-refractivity contribution in [3.05, 3.63) is 78.5 Å². The van der Waals surface area contributed by atoms with E-state index in [0.717, 1.165) is 66.6 Å². The van der Waals surface area contributed by atoms with Crippen molar-refractivity contribution in [2.75, 3.05) is 27.3 Å². The van der Waals surface area contributed by atoms with Crippen LogP contribution in [-0.2, 0) is 25.7 Å². The predicted molar refractivity (Wildman–Crippen MR) is 202 cm³/mol. The van der Waals surface area contributed by atoms with Crippen LogP contribution in [0.25, 0.3) is 55.3 Å². The number of methoxy groups -OCH3 is 2. The van der Waals surface area contributed by atoms with Crippen LogP contribution in [0, 0.1) is 0 Å². The van der Waals surface area contributed by atoms with Crippen LogP contribution in [0.2, 0.25) is 0 Å². The molecule has 4 aromatic carbocycles. The maximum absolute atomic E-state index is 12.4. The molecule has 4 N–H and O–H groups in total. The number of ether oxygens (including phenoxy) is 3. The maximum atomic E-state index is 12.4. The quantitative estimate of drug-likeness (QED) is 0.118. The van der Waals surface area contributed by atoms with E-state index in [9.17, 15) is 19.2 Å². The second-order valence-corrected chi connectivity index (χ2v) is 14.5. The van der Waals surface area contributed by atoms with E-state index in [0.29, 0.717) is 17.7 Å². The molecule has 2 amide bonds. The fraction of sp³-hybridized carbons (Fsp3) is 0.189. The molecule has 0 bridgehead atoms. The zero-order valence-electron chi connectivity index (χ0n) is 28.2. The number of hydrogen-bond acceptors (Lipinski definition) is 9. The molecule has 7 rings (SSSR count). The summed E-state index contributed by atoms with van der Waals surface area (Å²) >= 11 is 0. The van der Waals surface area contributed by atoms with Gasteiger partial charge < -0.3 is 34.8 Å². The van der Waals surface area contributed by atoms with E-state index in [-0.39, 0.29) is 54.1 Å². The molecular formula is C37H34N6O7P2. The van der Waals surface area contributed by atoms with Crippen molar-refractivity contribution < 1.29 is 33.4 Å². The van der Waals surface area contributed by atoms with Crippen molar-refractivity contribution in [1.82, 2.24) is 30.6 Å². The zero-order chi connectivity index (χ0) is 36.2. The molecule has 0 saturated heterocycles. The Kier molecular flexibility index (Phi) is 10.2. The van der Waals surface area contributed by atoms with Gasteiger partial charge in [-0.2, -0.15) is 0 Å². The van der Waals surface area contributed by atoms with Crippen molar-refractivity contribution in [1.29, 1.82) is 0 Å². The molecule has 0 fully saturated rings. The molecule has 264 valence electrons. The minimum absolute atomic E-state index is 0.0134. The van der Waals surface area contributed by atoms with Crippen LogP contribution in [0.3, 0.4) is 0 Å².